The average molecular weight is 1010 g/mol. The molecule has 0 N–H and O–H groups in total. The number of hydrogen-bond donors (Lipinski definition) is 0. The van der Waals surface area contributed by atoms with Gasteiger partial charge < -0.3 is 14.7 Å². The SMILES string of the molecule is Cc1ccccc1N(c1ccccc1)c1ccc2c(c1)N(c1ccc3c(c1)-c1ccccc1C3(c1ccccc1)c1ccccc1)c1cc(C(C)(C)C)cc3c1B2c1cc(C(C)(C)C)ccc1N3c1ccc(C(C)(C)C)cc1. The summed E-state index contributed by atoms with van der Waals surface area (Å²) in [5.41, 5.74) is 26.5. The lowest BCUT2D eigenvalue weighted by Crippen LogP contribution is -2.61. The summed E-state index contributed by atoms with van der Waals surface area (Å²) >= 11 is 0. The number of fused-ring (bicyclic) bond motifs is 7. The molecular weight excluding hydrogens is 942 g/mol. The van der Waals surface area contributed by atoms with Crippen molar-refractivity contribution < 1.29 is 0 Å². The standard InChI is InChI=1S/C74H68BN3/c1-49-24-20-23-33-65(49)76(55-29-18-13-19-30-55)58-40-42-63-67(48-58)78(57-39-41-62-60(47-57)59-31-21-22-32-61(59)74(62,51-25-14-11-15-26-51)52-27-16-12-17-28-52)69-46-54(73(8,9)10)45-68-70(69)75(63)64-44-53(72(5,6)7)36-43-66(64)77(68)56-37-34-50(35-38-56)71(2,3)4/h11-48H,1-10H3. The first-order valence-electron chi connectivity index (χ1n) is 28.0. The van der Waals surface area contributed by atoms with Gasteiger partial charge in [-0.1, -0.05) is 220 Å². The minimum absolute atomic E-state index is 0.0208. The van der Waals surface area contributed by atoms with Gasteiger partial charge in [0.15, 0.2) is 0 Å². The van der Waals surface area contributed by atoms with Crippen LogP contribution in [0, 0.1) is 6.92 Å². The van der Waals surface area contributed by atoms with Crippen molar-refractivity contribution in [1.29, 1.82) is 0 Å². The van der Waals surface area contributed by atoms with E-state index in [0.717, 1.165) is 28.4 Å². The molecule has 10 aromatic rings. The number of rotatable bonds is 7. The largest absolute Gasteiger partial charge is 0.311 e. The highest BCUT2D eigenvalue weighted by Crippen LogP contribution is 2.58. The summed E-state index contributed by atoms with van der Waals surface area (Å²) < 4.78 is 0. The van der Waals surface area contributed by atoms with E-state index in [1.54, 1.807) is 0 Å². The predicted molar refractivity (Wildman–Crippen MR) is 333 cm³/mol. The first kappa shape index (κ1) is 49.3. The molecule has 0 bridgehead atoms. The van der Waals surface area contributed by atoms with E-state index >= 15 is 0 Å². The van der Waals surface area contributed by atoms with Gasteiger partial charge in [-0.25, -0.2) is 0 Å². The molecule has 3 nitrogen and oxygen atoms in total. The monoisotopic (exact) mass is 1010 g/mol. The van der Waals surface area contributed by atoms with Crippen molar-refractivity contribution in [2.24, 2.45) is 0 Å². The van der Waals surface area contributed by atoms with Crippen LogP contribution in [0.2, 0.25) is 0 Å². The molecule has 0 unspecified atom stereocenters. The summed E-state index contributed by atoms with van der Waals surface area (Å²) in [6.07, 6.45) is 0. The number of hydrogen-bond acceptors (Lipinski definition) is 3. The maximum Gasteiger partial charge on any atom is 0.252 e. The van der Waals surface area contributed by atoms with Crippen molar-refractivity contribution in [3.05, 3.63) is 275 Å². The fourth-order valence-corrected chi connectivity index (χ4v) is 13.1. The van der Waals surface area contributed by atoms with Crippen molar-refractivity contribution in [3.8, 4) is 11.1 Å². The number of aryl methyl sites for hydroxylation is 1. The number of nitrogens with zero attached hydrogens (tertiary/aromatic N) is 3. The van der Waals surface area contributed by atoms with E-state index < -0.39 is 5.41 Å². The minimum atomic E-state index is -0.516. The molecule has 0 amide bonds. The topological polar surface area (TPSA) is 9.72 Å². The maximum atomic E-state index is 2.64. The zero-order valence-electron chi connectivity index (χ0n) is 46.9. The molecule has 0 saturated carbocycles. The minimum Gasteiger partial charge on any atom is -0.311 e. The highest BCUT2D eigenvalue weighted by molar-refractivity contribution is 7.00. The zero-order chi connectivity index (χ0) is 53.9. The molecule has 0 fully saturated rings. The number of benzene rings is 10. The highest BCUT2D eigenvalue weighted by Gasteiger charge is 2.48. The molecule has 78 heavy (non-hydrogen) atoms. The van der Waals surface area contributed by atoms with Gasteiger partial charge in [0, 0.05) is 51.2 Å². The number of anilines is 9. The van der Waals surface area contributed by atoms with Gasteiger partial charge in [0.1, 0.15) is 0 Å². The van der Waals surface area contributed by atoms with E-state index in [1.165, 1.54) is 94.8 Å². The Balaban J connectivity index is 1.14. The molecule has 4 heteroatoms. The van der Waals surface area contributed by atoms with Gasteiger partial charge in [-0.2, -0.15) is 0 Å². The van der Waals surface area contributed by atoms with Crippen LogP contribution in [0.25, 0.3) is 11.1 Å². The molecule has 13 rings (SSSR count). The van der Waals surface area contributed by atoms with Gasteiger partial charge in [-0.15, -0.1) is 0 Å². The van der Waals surface area contributed by atoms with Crippen LogP contribution in [-0.4, -0.2) is 6.71 Å². The van der Waals surface area contributed by atoms with Crippen molar-refractivity contribution in [2.45, 2.75) is 90.9 Å². The third kappa shape index (κ3) is 7.78. The van der Waals surface area contributed by atoms with Gasteiger partial charge in [0.05, 0.1) is 5.41 Å². The lowest BCUT2D eigenvalue weighted by Gasteiger charge is -2.46. The van der Waals surface area contributed by atoms with Crippen LogP contribution in [0.1, 0.15) is 107 Å². The van der Waals surface area contributed by atoms with Crippen molar-refractivity contribution in [1.82, 2.24) is 0 Å². The van der Waals surface area contributed by atoms with E-state index in [0.29, 0.717) is 0 Å². The Morgan fingerprint density at radius 2 is 0.910 bits per heavy atom. The van der Waals surface area contributed by atoms with Crippen molar-refractivity contribution in [2.75, 3.05) is 14.7 Å². The Morgan fingerprint density at radius 1 is 0.372 bits per heavy atom. The van der Waals surface area contributed by atoms with E-state index in [9.17, 15) is 0 Å². The van der Waals surface area contributed by atoms with E-state index in [2.05, 4.69) is 314 Å². The van der Waals surface area contributed by atoms with Crippen LogP contribution in [0.5, 0.6) is 0 Å². The first-order valence-corrected chi connectivity index (χ1v) is 28.0. The van der Waals surface area contributed by atoms with Crippen LogP contribution in [0.15, 0.2) is 231 Å². The summed E-state index contributed by atoms with van der Waals surface area (Å²) in [5, 5.41) is 0. The van der Waals surface area contributed by atoms with Crippen molar-refractivity contribution in [3.63, 3.8) is 0 Å². The summed E-state index contributed by atoms with van der Waals surface area (Å²) in [7, 11) is 0. The molecule has 2 heterocycles. The molecule has 0 radical (unpaired) electrons. The Hall–Kier alpha value is -8.34. The Kier molecular flexibility index (Phi) is 11.5. The molecule has 382 valence electrons. The summed E-state index contributed by atoms with van der Waals surface area (Å²) in [6.45, 7) is 23.2. The molecule has 0 atom stereocenters. The third-order valence-corrected chi connectivity index (χ3v) is 17.1. The number of para-hydroxylation sites is 2. The second-order valence-corrected chi connectivity index (χ2v) is 25.1. The molecule has 0 spiro atoms. The fourth-order valence-electron chi connectivity index (χ4n) is 13.1. The molecule has 0 aromatic heterocycles. The first-order chi connectivity index (χ1) is 37.5. The smallest absolute Gasteiger partial charge is 0.252 e. The van der Waals surface area contributed by atoms with Crippen LogP contribution >= 0.6 is 0 Å². The van der Waals surface area contributed by atoms with Gasteiger partial charge in [-0.3, -0.25) is 0 Å². The summed E-state index contributed by atoms with van der Waals surface area (Å²) in [6, 6.07) is 87.6. The van der Waals surface area contributed by atoms with Gasteiger partial charge >= 0.3 is 0 Å². The Bertz CT molecular complexity index is 3890. The van der Waals surface area contributed by atoms with Gasteiger partial charge in [0.25, 0.3) is 6.71 Å². The molecule has 0 saturated heterocycles. The maximum absolute atomic E-state index is 2.64. The predicted octanol–water partition coefficient (Wildman–Crippen LogP) is 17.8. The molecule has 10 aromatic carbocycles. The van der Waals surface area contributed by atoms with Gasteiger partial charge in [-0.05, 0) is 168 Å². The van der Waals surface area contributed by atoms with Crippen LogP contribution in [0.4, 0.5) is 51.2 Å². The lowest BCUT2D eigenvalue weighted by molar-refractivity contribution is 0.589. The van der Waals surface area contributed by atoms with Crippen molar-refractivity contribution >= 4 is 74.3 Å². The molecular formula is C74H68BN3. The van der Waals surface area contributed by atoms with E-state index in [1.807, 2.05) is 0 Å². The quantitative estimate of drug-likeness (QED) is 0.147. The van der Waals surface area contributed by atoms with Gasteiger partial charge in [0.2, 0.25) is 0 Å². The Labute approximate surface area is 463 Å². The second kappa shape index (κ2) is 18.1. The summed E-state index contributed by atoms with van der Waals surface area (Å²) in [4.78, 5) is 7.67. The molecule has 3 aliphatic rings. The average Bonchev–Trinajstić information content (AvgIpc) is 3.11. The summed E-state index contributed by atoms with van der Waals surface area (Å²) in [5.74, 6) is 0. The van der Waals surface area contributed by atoms with Crippen LogP contribution in [0.3, 0.4) is 0 Å². The third-order valence-electron chi connectivity index (χ3n) is 17.1. The van der Waals surface area contributed by atoms with E-state index in [-0.39, 0.29) is 23.0 Å². The lowest BCUT2D eigenvalue weighted by atomic mass is 9.33. The molecule has 1 aliphatic carbocycles. The Morgan fingerprint density at radius 3 is 1.54 bits per heavy atom. The van der Waals surface area contributed by atoms with E-state index in [4.69, 9.17) is 0 Å². The van der Waals surface area contributed by atoms with Crippen LogP contribution in [-0.2, 0) is 21.7 Å². The molecule has 2 aliphatic heterocycles. The fraction of sp³-hybridized carbons (Fsp3) is 0.189. The second-order valence-electron chi connectivity index (χ2n) is 25.1. The highest BCUT2D eigenvalue weighted by atomic mass is 15.2. The van der Waals surface area contributed by atoms with Crippen LogP contribution < -0.4 is 31.1 Å². The normalized spacial score (nSPS) is 14.1. The zero-order valence-corrected chi connectivity index (χ0v) is 46.9.